The molecule has 1 unspecified atom stereocenters. The van der Waals surface area contributed by atoms with Gasteiger partial charge in [0.2, 0.25) is 5.91 Å². The quantitative estimate of drug-likeness (QED) is 0.454. The summed E-state index contributed by atoms with van der Waals surface area (Å²) >= 11 is 7.70. The molecule has 192 valence electrons. The van der Waals surface area contributed by atoms with Gasteiger partial charge in [0.15, 0.2) is 5.17 Å². The first-order valence-electron chi connectivity index (χ1n) is 12.6. The van der Waals surface area contributed by atoms with Crippen molar-refractivity contribution in [1.29, 1.82) is 0 Å². The van der Waals surface area contributed by atoms with E-state index in [-0.39, 0.29) is 18.2 Å². The standard InChI is InChI=1S/C29H26ClN5O2S/c30-21-8-6-7-20(17-21)19-38-29-31-24-12-5-4-11-23(24)27-32-28(37)25(35(27)29)18-26(36)34-15-13-33(14-16-34)22-9-2-1-3-10-22/h1-12,17,25H,13-16,18-19H2. The molecule has 7 nitrogen and oxygen atoms in total. The molecule has 1 atom stereocenters. The summed E-state index contributed by atoms with van der Waals surface area (Å²) in [6.07, 6.45) is 0.0656. The zero-order chi connectivity index (χ0) is 26.1. The highest BCUT2D eigenvalue weighted by atomic mass is 35.5. The van der Waals surface area contributed by atoms with Gasteiger partial charge in [-0.2, -0.15) is 4.99 Å². The lowest BCUT2D eigenvalue weighted by Crippen LogP contribution is -2.51. The number of carbonyl (C=O) groups excluding carboxylic acids is 2. The number of piperazine rings is 1. The summed E-state index contributed by atoms with van der Waals surface area (Å²) in [4.78, 5) is 41.9. The zero-order valence-corrected chi connectivity index (χ0v) is 22.2. The van der Waals surface area contributed by atoms with Crippen molar-refractivity contribution < 1.29 is 9.59 Å². The van der Waals surface area contributed by atoms with Gasteiger partial charge in [0.25, 0.3) is 5.91 Å². The third-order valence-corrected chi connectivity index (χ3v) is 8.25. The van der Waals surface area contributed by atoms with E-state index in [4.69, 9.17) is 16.6 Å². The van der Waals surface area contributed by atoms with Crippen LogP contribution in [0.4, 0.5) is 11.4 Å². The molecule has 6 rings (SSSR count). The molecule has 3 aliphatic heterocycles. The molecule has 3 aromatic carbocycles. The van der Waals surface area contributed by atoms with Gasteiger partial charge in [-0.15, -0.1) is 0 Å². The molecule has 0 radical (unpaired) electrons. The number of para-hydroxylation sites is 2. The molecule has 2 amide bonds. The molecule has 1 saturated heterocycles. The number of anilines is 1. The van der Waals surface area contributed by atoms with Gasteiger partial charge in [0.05, 0.1) is 12.1 Å². The molecule has 0 saturated carbocycles. The molecule has 0 spiro atoms. The highest BCUT2D eigenvalue weighted by molar-refractivity contribution is 8.13. The number of rotatable bonds is 5. The summed E-state index contributed by atoms with van der Waals surface area (Å²) in [7, 11) is 0. The topological polar surface area (TPSA) is 68.6 Å². The van der Waals surface area contributed by atoms with Crippen LogP contribution in [0.3, 0.4) is 0 Å². The lowest BCUT2D eigenvalue weighted by atomic mass is 10.1. The first-order chi connectivity index (χ1) is 18.6. The smallest absolute Gasteiger partial charge is 0.271 e. The van der Waals surface area contributed by atoms with Crippen molar-refractivity contribution >= 4 is 57.6 Å². The Bertz CT molecular complexity index is 1440. The minimum atomic E-state index is -0.705. The van der Waals surface area contributed by atoms with E-state index in [1.54, 1.807) is 0 Å². The van der Waals surface area contributed by atoms with E-state index in [1.165, 1.54) is 11.8 Å². The molecule has 3 heterocycles. The second-order valence-corrected chi connectivity index (χ2v) is 10.8. The van der Waals surface area contributed by atoms with Gasteiger partial charge in [-0.25, -0.2) is 4.99 Å². The van der Waals surface area contributed by atoms with Crippen LogP contribution in [0, 0.1) is 0 Å². The van der Waals surface area contributed by atoms with Crippen LogP contribution in [-0.4, -0.2) is 64.8 Å². The predicted molar refractivity (Wildman–Crippen MR) is 153 cm³/mol. The van der Waals surface area contributed by atoms with Crippen LogP contribution < -0.4 is 4.90 Å². The van der Waals surface area contributed by atoms with E-state index in [2.05, 4.69) is 22.0 Å². The number of fused-ring (bicyclic) bond motifs is 3. The highest BCUT2D eigenvalue weighted by Crippen LogP contribution is 2.36. The molecular weight excluding hydrogens is 518 g/mol. The van der Waals surface area contributed by atoms with Crippen molar-refractivity contribution in [3.8, 4) is 0 Å². The fraction of sp³-hybridized carbons (Fsp3) is 0.241. The molecule has 3 aromatic rings. The van der Waals surface area contributed by atoms with Gasteiger partial charge in [-0.1, -0.05) is 65.8 Å². The molecule has 1 fully saturated rings. The number of hydrogen-bond donors (Lipinski definition) is 0. The van der Waals surface area contributed by atoms with Crippen molar-refractivity contribution in [3.63, 3.8) is 0 Å². The Balaban J connectivity index is 1.19. The van der Waals surface area contributed by atoms with Gasteiger partial charge < -0.3 is 9.80 Å². The average molecular weight is 544 g/mol. The summed E-state index contributed by atoms with van der Waals surface area (Å²) in [5.41, 5.74) is 3.79. The van der Waals surface area contributed by atoms with Gasteiger partial charge in [0, 0.05) is 48.2 Å². The van der Waals surface area contributed by atoms with Crippen LogP contribution in [0.5, 0.6) is 0 Å². The largest absolute Gasteiger partial charge is 0.368 e. The summed E-state index contributed by atoms with van der Waals surface area (Å²) in [6.45, 7) is 2.76. The minimum Gasteiger partial charge on any atom is -0.368 e. The van der Waals surface area contributed by atoms with Crippen molar-refractivity contribution in [2.24, 2.45) is 9.98 Å². The van der Waals surface area contributed by atoms with Crippen LogP contribution in [0.2, 0.25) is 5.02 Å². The number of hydrogen-bond acceptors (Lipinski definition) is 6. The normalized spacial score (nSPS) is 18.6. The van der Waals surface area contributed by atoms with Crippen molar-refractivity contribution in [2.45, 2.75) is 18.2 Å². The van der Waals surface area contributed by atoms with E-state index < -0.39 is 6.04 Å². The monoisotopic (exact) mass is 543 g/mol. The van der Waals surface area contributed by atoms with Crippen molar-refractivity contribution in [1.82, 2.24) is 9.80 Å². The van der Waals surface area contributed by atoms with Crippen LogP contribution in [0.15, 0.2) is 88.8 Å². The molecule has 0 N–H and O–H groups in total. The molecular formula is C29H26ClN5O2S. The van der Waals surface area contributed by atoms with E-state index in [0.717, 1.165) is 35.6 Å². The maximum atomic E-state index is 13.4. The molecule has 38 heavy (non-hydrogen) atoms. The summed E-state index contributed by atoms with van der Waals surface area (Å²) in [6, 6.07) is 24.9. The average Bonchev–Trinajstić information content (AvgIpc) is 3.28. The highest BCUT2D eigenvalue weighted by Gasteiger charge is 2.43. The number of benzene rings is 3. The zero-order valence-electron chi connectivity index (χ0n) is 20.7. The molecule has 0 bridgehead atoms. The number of aliphatic imine (C=N–C) groups is 2. The maximum absolute atomic E-state index is 13.4. The Morgan fingerprint density at radius 2 is 1.68 bits per heavy atom. The lowest BCUT2D eigenvalue weighted by molar-refractivity contribution is -0.134. The van der Waals surface area contributed by atoms with Gasteiger partial charge in [-0.3, -0.25) is 14.5 Å². The van der Waals surface area contributed by atoms with E-state index >= 15 is 0 Å². The predicted octanol–water partition coefficient (Wildman–Crippen LogP) is 4.97. The molecule has 0 aromatic heterocycles. The first kappa shape index (κ1) is 24.7. The summed E-state index contributed by atoms with van der Waals surface area (Å²) < 4.78 is 0. The minimum absolute atomic E-state index is 0.0365. The van der Waals surface area contributed by atoms with Crippen molar-refractivity contribution in [3.05, 3.63) is 95.0 Å². The number of halogens is 1. The Morgan fingerprint density at radius 3 is 2.47 bits per heavy atom. The second-order valence-electron chi connectivity index (χ2n) is 9.40. The maximum Gasteiger partial charge on any atom is 0.271 e. The van der Waals surface area contributed by atoms with Crippen LogP contribution >= 0.6 is 23.4 Å². The number of carbonyl (C=O) groups is 2. The Morgan fingerprint density at radius 1 is 0.921 bits per heavy atom. The van der Waals surface area contributed by atoms with Gasteiger partial charge in [-0.05, 0) is 42.0 Å². The van der Waals surface area contributed by atoms with Crippen LogP contribution in [-0.2, 0) is 15.3 Å². The van der Waals surface area contributed by atoms with E-state index in [0.29, 0.717) is 34.9 Å². The van der Waals surface area contributed by atoms with Gasteiger partial charge >= 0.3 is 0 Å². The summed E-state index contributed by atoms with van der Waals surface area (Å²) in [5, 5.41) is 1.34. The Labute approximate surface area is 230 Å². The van der Waals surface area contributed by atoms with E-state index in [1.807, 2.05) is 76.5 Å². The fourth-order valence-electron chi connectivity index (χ4n) is 5.02. The number of nitrogens with zero attached hydrogens (tertiary/aromatic N) is 5. The fourth-order valence-corrected chi connectivity index (χ4v) is 6.23. The molecule has 0 aliphatic carbocycles. The third kappa shape index (κ3) is 4.93. The first-order valence-corrected chi connectivity index (χ1v) is 14.0. The number of amides is 2. The summed E-state index contributed by atoms with van der Waals surface area (Å²) in [5.74, 6) is 0.859. The van der Waals surface area contributed by atoms with Gasteiger partial charge in [0.1, 0.15) is 11.9 Å². The number of thioether (sulfide) groups is 1. The Hall–Kier alpha value is -3.62. The van der Waals surface area contributed by atoms with E-state index in [9.17, 15) is 9.59 Å². The third-order valence-electron chi connectivity index (χ3n) is 6.99. The SMILES string of the molecule is O=C1N=C2c3ccccc3N=C(SCc3cccc(Cl)c3)N2C1CC(=O)N1CCN(c2ccccc2)CC1. The molecule has 9 heteroatoms. The molecule has 3 aliphatic rings. The lowest BCUT2D eigenvalue weighted by Gasteiger charge is -2.37. The van der Waals surface area contributed by atoms with Crippen molar-refractivity contribution in [2.75, 3.05) is 31.1 Å². The van der Waals surface area contributed by atoms with Crippen LogP contribution in [0.25, 0.3) is 0 Å². The van der Waals surface area contributed by atoms with Crippen LogP contribution in [0.1, 0.15) is 17.5 Å². The number of amidine groups is 2. The second kappa shape index (κ2) is 10.6. The Kier molecular flexibility index (Phi) is 6.91.